The highest BCUT2D eigenvalue weighted by molar-refractivity contribution is 5.81. The fourth-order valence-corrected chi connectivity index (χ4v) is 4.89. The van der Waals surface area contributed by atoms with Crippen molar-refractivity contribution < 1.29 is 13.5 Å². The third kappa shape index (κ3) is 5.27. The van der Waals surface area contributed by atoms with Crippen molar-refractivity contribution in [1.29, 1.82) is 0 Å². The Morgan fingerprint density at radius 1 is 1.06 bits per heavy atom. The van der Waals surface area contributed by atoms with E-state index in [1.54, 1.807) is 19.2 Å². The van der Waals surface area contributed by atoms with Crippen molar-refractivity contribution in [3.8, 4) is 28.1 Å². The Morgan fingerprint density at radius 3 is 2.37 bits per heavy atom. The summed E-state index contributed by atoms with van der Waals surface area (Å²) >= 11 is 0. The van der Waals surface area contributed by atoms with E-state index in [2.05, 4.69) is 4.85 Å². The minimum Gasteiger partial charge on any atom is -0.494 e. The molecular formula is C28H29F2N3O2. The second-order valence-electron chi connectivity index (χ2n) is 9.14. The molecule has 2 aromatic carbocycles. The Labute approximate surface area is 204 Å². The van der Waals surface area contributed by atoms with Crippen molar-refractivity contribution in [2.75, 3.05) is 7.11 Å². The van der Waals surface area contributed by atoms with Gasteiger partial charge < -0.3 is 4.74 Å². The first kappa shape index (κ1) is 24.6. The van der Waals surface area contributed by atoms with Crippen molar-refractivity contribution in [2.24, 2.45) is 13.0 Å². The highest BCUT2D eigenvalue weighted by atomic mass is 19.1. The number of hydrogen-bond donors (Lipinski definition) is 0. The summed E-state index contributed by atoms with van der Waals surface area (Å²) in [5, 5.41) is 0. The van der Waals surface area contributed by atoms with Gasteiger partial charge >= 0.3 is 0 Å². The first-order valence-corrected chi connectivity index (χ1v) is 12.0. The van der Waals surface area contributed by atoms with E-state index in [9.17, 15) is 13.6 Å². The van der Waals surface area contributed by atoms with Crippen LogP contribution in [0.4, 0.5) is 14.5 Å². The molecule has 5 nitrogen and oxygen atoms in total. The molecule has 0 N–H and O–H groups in total. The second-order valence-corrected chi connectivity index (χ2v) is 9.14. The number of aryl methyl sites for hydroxylation is 1. The van der Waals surface area contributed by atoms with Gasteiger partial charge in [0, 0.05) is 19.0 Å². The molecule has 4 rings (SSSR count). The molecule has 0 saturated heterocycles. The predicted octanol–water partition coefficient (Wildman–Crippen LogP) is 6.85. The van der Waals surface area contributed by atoms with E-state index >= 15 is 0 Å². The standard InChI is InChI=1S/C28H29F2N3O2/c1-31-23-13-11-20(17-21(23)29)27-26(19-12-14-24(35-3)22(30)16-19)28(34)33(2)25(32-27)15-10-18-8-6-4-5-7-9-18/h11-14,16-18H,4-10,15H2,2-3H3. The molecule has 0 amide bonds. The zero-order valence-electron chi connectivity index (χ0n) is 20.1. The Morgan fingerprint density at radius 2 is 1.74 bits per heavy atom. The van der Waals surface area contributed by atoms with E-state index in [0.717, 1.165) is 6.42 Å². The third-order valence-electron chi connectivity index (χ3n) is 6.92. The molecule has 3 aromatic rings. The van der Waals surface area contributed by atoms with Gasteiger partial charge in [-0.1, -0.05) is 56.7 Å². The van der Waals surface area contributed by atoms with Gasteiger partial charge in [-0.3, -0.25) is 9.36 Å². The molecule has 0 unspecified atom stereocenters. The first-order valence-electron chi connectivity index (χ1n) is 12.0. The average molecular weight is 478 g/mol. The number of aromatic nitrogens is 2. The fourth-order valence-electron chi connectivity index (χ4n) is 4.89. The second kappa shape index (κ2) is 10.8. The zero-order valence-corrected chi connectivity index (χ0v) is 20.1. The fraction of sp³-hybridized carbons (Fsp3) is 0.393. The molecule has 0 bridgehead atoms. The van der Waals surface area contributed by atoms with E-state index in [0.29, 0.717) is 29.3 Å². The van der Waals surface area contributed by atoms with Crippen molar-refractivity contribution >= 4 is 5.69 Å². The molecule has 1 aromatic heterocycles. The Balaban J connectivity index is 1.83. The topological polar surface area (TPSA) is 48.5 Å². The lowest BCUT2D eigenvalue weighted by Gasteiger charge is -2.18. The van der Waals surface area contributed by atoms with Crippen molar-refractivity contribution in [2.45, 2.75) is 51.4 Å². The van der Waals surface area contributed by atoms with E-state index in [-0.39, 0.29) is 28.3 Å². The molecule has 1 aliphatic rings. The number of nitrogens with zero attached hydrogens (tertiary/aromatic N) is 3. The molecule has 0 radical (unpaired) electrons. The van der Waals surface area contributed by atoms with Crippen LogP contribution < -0.4 is 10.3 Å². The van der Waals surface area contributed by atoms with E-state index in [1.807, 2.05) is 0 Å². The maximum Gasteiger partial charge on any atom is 0.261 e. The number of rotatable bonds is 6. The van der Waals surface area contributed by atoms with Crippen LogP contribution in [-0.4, -0.2) is 16.7 Å². The SMILES string of the molecule is [C-]#[N+]c1ccc(-c2nc(CCC3CCCCCC3)n(C)c(=O)c2-c2ccc(OC)c(F)c2)cc1F. The number of methoxy groups -OCH3 is 1. The maximum atomic E-state index is 14.6. The summed E-state index contributed by atoms with van der Waals surface area (Å²) in [5.74, 6) is -0.0189. The highest BCUT2D eigenvalue weighted by Gasteiger charge is 2.21. The number of ether oxygens (including phenoxy) is 1. The zero-order chi connectivity index (χ0) is 24.9. The van der Waals surface area contributed by atoms with Crippen LogP contribution in [0.5, 0.6) is 5.75 Å². The Kier molecular flexibility index (Phi) is 7.60. The molecule has 7 heteroatoms. The van der Waals surface area contributed by atoms with Gasteiger partial charge in [-0.05, 0) is 36.1 Å². The normalized spacial score (nSPS) is 14.4. The van der Waals surface area contributed by atoms with Crippen LogP contribution in [0.25, 0.3) is 27.2 Å². The molecule has 1 saturated carbocycles. The maximum absolute atomic E-state index is 14.6. The lowest BCUT2D eigenvalue weighted by molar-refractivity contribution is 0.386. The van der Waals surface area contributed by atoms with Crippen LogP contribution in [0.3, 0.4) is 0 Å². The van der Waals surface area contributed by atoms with Gasteiger partial charge in [0.25, 0.3) is 5.56 Å². The van der Waals surface area contributed by atoms with E-state index in [4.69, 9.17) is 16.3 Å². The van der Waals surface area contributed by atoms with E-state index < -0.39 is 11.6 Å². The van der Waals surface area contributed by atoms with Crippen LogP contribution >= 0.6 is 0 Å². The summed E-state index contributed by atoms with van der Waals surface area (Å²) in [6.45, 7) is 7.12. The van der Waals surface area contributed by atoms with Gasteiger partial charge in [0.1, 0.15) is 11.6 Å². The quantitative estimate of drug-likeness (QED) is 0.288. The van der Waals surface area contributed by atoms with Crippen molar-refractivity contribution in [1.82, 2.24) is 9.55 Å². The summed E-state index contributed by atoms with van der Waals surface area (Å²) in [4.78, 5) is 21.6. The van der Waals surface area contributed by atoms with Gasteiger partial charge in [0.15, 0.2) is 11.6 Å². The smallest absolute Gasteiger partial charge is 0.261 e. The van der Waals surface area contributed by atoms with Crippen molar-refractivity contribution in [3.05, 3.63) is 75.6 Å². The largest absolute Gasteiger partial charge is 0.494 e. The van der Waals surface area contributed by atoms with Crippen LogP contribution in [0.15, 0.2) is 41.2 Å². The van der Waals surface area contributed by atoms with Crippen LogP contribution in [-0.2, 0) is 13.5 Å². The first-order chi connectivity index (χ1) is 16.9. The van der Waals surface area contributed by atoms with Crippen LogP contribution in [0, 0.1) is 24.1 Å². The third-order valence-corrected chi connectivity index (χ3v) is 6.92. The number of halogens is 2. The van der Waals surface area contributed by atoms with Gasteiger partial charge in [-0.15, -0.1) is 0 Å². The summed E-state index contributed by atoms with van der Waals surface area (Å²) in [7, 11) is 3.04. The van der Waals surface area contributed by atoms with E-state index in [1.165, 1.54) is 74.5 Å². The predicted molar refractivity (Wildman–Crippen MR) is 133 cm³/mol. The molecule has 0 aliphatic heterocycles. The van der Waals surface area contributed by atoms with Gasteiger partial charge in [0.05, 0.1) is 24.9 Å². The molecule has 35 heavy (non-hydrogen) atoms. The lowest BCUT2D eigenvalue weighted by atomic mass is 9.94. The monoisotopic (exact) mass is 477 g/mol. The van der Waals surface area contributed by atoms with Gasteiger partial charge in [-0.25, -0.2) is 18.6 Å². The molecule has 0 spiro atoms. The summed E-state index contributed by atoms with van der Waals surface area (Å²) in [5.41, 5.74) is 0.727. The van der Waals surface area contributed by atoms with Gasteiger partial charge in [0.2, 0.25) is 5.69 Å². The summed E-state index contributed by atoms with van der Waals surface area (Å²) < 4.78 is 35.6. The Bertz CT molecular complexity index is 1320. The molecular weight excluding hydrogens is 448 g/mol. The molecule has 1 heterocycles. The Hall–Kier alpha value is -3.53. The highest BCUT2D eigenvalue weighted by Crippen LogP contribution is 2.33. The summed E-state index contributed by atoms with van der Waals surface area (Å²) in [6, 6.07) is 8.45. The number of hydrogen-bond acceptors (Lipinski definition) is 3. The molecule has 1 aliphatic carbocycles. The average Bonchev–Trinajstić information content (AvgIpc) is 3.13. The minimum absolute atomic E-state index is 0.0626. The molecule has 182 valence electrons. The molecule has 0 atom stereocenters. The molecule has 1 fully saturated rings. The summed E-state index contributed by atoms with van der Waals surface area (Å²) in [6.07, 6.45) is 8.95. The minimum atomic E-state index is -0.688. The van der Waals surface area contributed by atoms with Gasteiger partial charge in [-0.2, -0.15) is 0 Å². The van der Waals surface area contributed by atoms with Crippen molar-refractivity contribution in [3.63, 3.8) is 0 Å². The van der Waals surface area contributed by atoms with Crippen LogP contribution in [0.2, 0.25) is 0 Å². The lowest BCUT2D eigenvalue weighted by Crippen LogP contribution is -2.25. The number of benzene rings is 2. The van der Waals surface area contributed by atoms with Crippen LogP contribution in [0.1, 0.15) is 50.8 Å².